The second-order valence-electron chi connectivity index (χ2n) is 4.81. The highest BCUT2D eigenvalue weighted by Crippen LogP contribution is 2.24. The smallest absolute Gasteiger partial charge is 0.317 e. The molecule has 1 N–H and O–H groups in total. The van der Waals surface area contributed by atoms with Crippen LogP contribution >= 0.6 is 0 Å². The van der Waals surface area contributed by atoms with Crippen LogP contribution in [0.25, 0.3) is 0 Å². The molecule has 0 aromatic heterocycles. The molecule has 0 bridgehead atoms. The normalized spacial score (nSPS) is 19.0. The Bertz CT molecular complexity index is 365. The minimum absolute atomic E-state index is 0.205. The van der Waals surface area contributed by atoms with Crippen LogP contribution in [0.2, 0.25) is 0 Å². The lowest BCUT2D eigenvalue weighted by molar-refractivity contribution is -0.140. The number of unbranched alkanes of at least 4 members (excludes halogenated alkanes) is 1. The van der Waals surface area contributed by atoms with Gasteiger partial charge >= 0.3 is 6.18 Å². The summed E-state index contributed by atoms with van der Waals surface area (Å²) >= 11 is 0. The molecule has 0 saturated carbocycles. The lowest BCUT2D eigenvalue weighted by Crippen LogP contribution is -2.50. The van der Waals surface area contributed by atoms with Gasteiger partial charge in [-0.3, -0.25) is 0 Å². The number of piperidine rings is 1. The van der Waals surface area contributed by atoms with Crippen molar-refractivity contribution in [3.63, 3.8) is 0 Å². The van der Waals surface area contributed by atoms with Crippen LogP contribution in [0.3, 0.4) is 0 Å². The topological polar surface area (TPSA) is 49.4 Å². The SMILES string of the molecule is CCCCS(=O)(=O)N(CC(F)(F)F)C1CCNCC1. The Morgan fingerprint density at radius 1 is 1.26 bits per heavy atom. The fourth-order valence-electron chi connectivity index (χ4n) is 2.17. The van der Waals surface area contributed by atoms with Crippen molar-refractivity contribution in [1.29, 1.82) is 0 Å². The second kappa shape index (κ2) is 6.90. The Morgan fingerprint density at radius 2 is 1.84 bits per heavy atom. The van der Waals surface area contributed by atoms with E-state index in [-0.39, 0.29) is 5.75 Å². The summed E-state index contributed by atoms with van der Waals surface area (Å²) in [6.45, 7) is 1.56. The number of sulfonamides is 1. The molecule has 1 fully saturated rings. The summed E-state index contributed by atoms with van der Waals surface area (Å²) in [5.41, 5.74) is 0. The highest BCUT2D eigenvalue weighted by atomic mass is 32.2. The predicted molar refractivity (Wildman–Crippen MR) is 67.3 cm³/mol. The maximum atomic E-state index is 12.6. The number of rotatable bonds is 6. The Balaban J connectivity index is 2.84. The summed E-state index contributed by atoms with van der Waals surface area (Å²) in [5.74, 6) is -0.205. The zero-order chi connectivity index (χ0) is 14.5. The maximum Gasteiger partial charge on any atom is 0.402 e. The van der Waals surface area contributed by atoms with Crippen molar-refractivity contribution in [3.8, 4) is 0 Å². The molecule has 4 nitrogen and oxygen atoms in total. The first kappa shape index (κ1) is 16.7. The number of hydrogen-bond donors (Lipinski definition) is 1. The first-order valence-corrected chi connectivity index (χ1v) is 8.14. The van der Waals surface area contributed by atoms with Gasteiger partial charge in [0.25, 0.3) is 0 Å². The van der Waals surface area contributed by atoms with Crippen molar-refractivity contribution in [2.75, 3.05) is 25.4 Å². The molecular weight excluding hydrogens is 281 g/mol. The van der Waals surface area contributed by atoms with Gasteiger partial charge in [0.2, 0.25) is 10.0 Å². The first-order valence-electron chi connectivity index (χ1n) is 6.53. The molecule has 0 unspecified atom stereocenters. The van der Waals surface area contributed by atoms with Crippen LogP contribution < -0.4 is 5.32 Å². The van der Waals surface area contributed by atoms with E-state index in [2.05, 4.69) is 5.32 Å². The number of alkyl halides is 3. The summed E-state index contributed by atoms with van der Waals surface area (Å²) in [6.07, 6.45) is -2.60. The molecule has 8 heteroatoms. The number of hydrogen-bond acceptors (Lipinski definition) is 3. The summed E-state index contributed by atoms with van der Waals surface area (Å²) in [5, 5.41) is 3.02. The van der Waals surface area contributed by atoms with E-state index in [9.17, 15) is 21.6 Å². The first-order chi connectivity index (χ1) is 8.76. The average Bonchev–Trinajstić information content (AvgIpc) is 2.33. The van der Waals surface area contributed by atoms with Gasteiger partial charge in [0.1, 0.15) is 6.54 Å². The third-order valence-corrected chi connectivity index (χ3v) is 5.11. The third-order valence-electron chi connectivity index (χ3n) is 3.16. The Morgan fingerprint density at radius 3 is 2.32 bits per heavy atom. The van der Waals surface area contributed by atoms with E-state index >= 15 is 0 Å². The van der Waals surface area contributed by atoms with Crippen LogP contribution in [0.5, 0.6) is 0 Å². The van der Waals surface area contributed by atoms with Gasteiger partial charge in [0, 0.05) is 6.04 Å². The molecule has 1 rings (SSSR count). The molecule has 1 heterocycles. The molecule has 1 aliphatic rings. The third kappa shape index (κ3) is 5.66. The number of nitrogens with one attached hydrogen (secondary N) is 1. The van der Waals surface area contributed by atoms with E-state index in [1.807, 2.05) is 6.92 Å². The van der Waals surface area contributed by atoms with Crippen LogP contribution in [0.4, 0.5) is 13.2 Å². The Labute approximate surface area is 112 Å². The molecule has 0 atom stereocenters. The van der Waals surface area contributed by atoms with Gasteiger partial charge in [-0.1, -0.05) is 13.3 Å². The number of halogens is 3. The van der Waals surface area contributed by atoms with Gasteiger partial charge in [-0.05, 0) is 32.4 Å². The van der Waals surface area contributed by atoms with Crippen molar-refractivity contribution >= 4 is 10.0 Å². The van der Waals surface area contributed by atoms with E-state index in [0.717, 1.165) is 0 Å². The fraction of sp³-hybridized carbons (Fsp3) is 1.00. The van der Waals surface area contributed by atoms with E-state index in [1.165, 1.54) is 0 Å². The van der Waals surface area contributed by atoms with Gasteiger partial charge in [-0.25, -0.2) is 8.42 Å². The summed E-state index contributed by atoms with van der Waals surface area (Å²) in [7, 11) is -3.83. The molecule has 114 valence electrons. The minimum Gasteiger partial charge on any atom is -0.317 e. The lowest BCUT2D eigenvalue weighted by Gasteiger charge is -2.34. The number of nitrogens with zero attached hydrogens (tertiary/aromatic N) is 1. The van der Waals surface area contributed by atoms with Crippen LogP contribution in [0, 0.1) is 0 Å². The van der Waals surface area contributed by atoms with Gasteiger partial charge in [0.15, 0.2) is 0 Å². The fourth-order valence-corrected chi connectivity index (χ4v) is 4.07. The van der Waals surface area contributed by atoms with Crippen molar-refractivity contribution in [2.45, 2.75) is 44.8 Å². The van der Waals surface area contributed by atoms with E-state index in [1.54, 1.807) is 0 Å². The molecule has 1 saturated heterocycles. The molecular formula is C11H21F3N2O2S. The predicted octanol–water partition coefficient (Wildman–Crippen LogP) is 1.73. The van der Waals surface area contributed by atoms with Crippen molar-refractivity contribution < 1.29 is 21.6 Å². The lowest BCUT2D eigenvalue weighted by atomic mass is 10.1. The van der Waals surface area contributed by atoms with Crippen LogP contribution in [-0.4, -0.2) is 50.3 Å². The molecule has 0 aromatic rings. The van der Waals surface area contributed by atoms with Crippen LogP contribution in [0.1, 0.15) is 32.6 Å². The zero-order valence-electron chi connectivity index (χ0n) is 11.0. The van der Waals surface area contributed by atoms with Gasteiger partial charge in [-0.2, -0.15) is 17.5 Å². The molecule has 0 radical (unpaired) electrons. The Hall–Kier alpha value is -0.340. The van der Waals surface area contributed by atoms with E-state index in [0.29, 0.717) is 43.1 Å². The van der Waals surface area contributed by atoms with Gasteiger partial charge in [0.05, 0.1) is 5.75 Å². The van der Waals surface area contributed by atoms with E-state index < -0.39 is 28.8 Å². The average molecular weight is 302 g/mol. The summed E-state index contributed by atoms with van der Waals surface area (Å²) in [6, 6.07) is -0.537. The molecule has 1 aliphatic heterocycles. The standard InChI is InChI=1S/C11H21F3N2O2S/c1-2-3-8-19(17,18)16(9-11(12,13)14)10-4-6-15-7-5-10/h10,15H,2-9H2,1H3. The molecule has 0 aliphatic carbocycles. The molecule has 19 heavy (non-hydrogen) atoms. The molecule has 0 amide bonds. The largest absolute Gasteiger partial charge is 0.402 e. The van der Waals surface area contributed by atoms with E-state index in [4.69, 9.17) is 0 Å². The van der Waals surface area contributed by atoms with Gasteiger partial charge < -0.3 is 5.32 Å². The molecule has 0 aromatic carbocycles. The maximum absolute atomic E-state index is 12.6. The van der Waals surface area contributed by atoms with Crippen molar-refractivity contribution in [1.82, 2.24) is 9.62 Å². The van der Waals surface area contributed by atoms with Crippen LogP contribution in [-0.2, 0) is 10.0 Å². The van der Waals surface area contributed by atoms with Crippen molar-refractivity contribution in [2.24, 2.45) is 0 Å². The zero-order valence-corrected chi connectivity index (χ0v) is 11.9. The Kier molecular flexibility index (Phi) is 6.07. The van der Waals surface area contributed by atoms with Crippen LogP contribution in [0.15, 0.2) is 0 Å². The monoisotopic (exact) mass is 302 g/mol. The quantitative estimate of drug-likeness (QED) is 0.813. The highest BCUT2D eigenvalue weighted by Gasteiger charge is 2.40. The highest BCUT2D eigenvalue weighted by molar-refractivity contribution is 7.89. The summed E-state index contributed by atoms with van der Waals surface area (Å²) < 4.78 is 62.6. The van der Waals surface area contributed by atoms with Gasteiger partial charge in [-0.15, -0.1) is 0 Å². The minimum atomic E-state index is -4.50. The van der Waals surface area contributed by atoms with Crippen molar-refractivity contribution in [3.05, 3.63) is 0 Å². The molecule has 0 spiro atoms. The second-order valence-corrected chi connectivity index (χ2v) is 6.85. The summed E-state index contributed by atoms with van der Waals surface area (Å²) in [4.78, 5) is 0.